The molecule has 166 valence electrons. The number of aryl methyl sites for hydroxylation is 1. The van der Waals surface area contributed by atoms with Gasteiger partial charge in [0.15, 0.2) is 17.4 Å². The van der Waals surface area contributed by atoms with Crippen molar-refractivity contribution in [1.29, 1.82) is 5.26 Å². The molecule has 0 radical (unpaired) electrons. The van der Waals surface area contributed by atoms with Crippen LogP contribution in [-0.2, 0) is 0 Å². The van der Waals surface area contributed by atoms with E-state index in [1.54, 1.807) is 24.4 Å². The molecule has 34 heavy (non-hydrogen) atoms. The zero-order valence-electron chi connectivity index (χ0n) is 18.1. The average molecular weight is 453 g/mol. The minimum absolute atomic E-state index is 0.0365. The first kappa shape index (κ1) is 21.0. The van der Waals surface area contributed by atoms with Crippen LogP contribution in [0.5, 0.6) is 5.75 Å². The number of methoxy groups -OCH3 is 1. The van der Waals surface area contributed by atoms with Crippen LogP contribution >= 0.6 is 0 Å². The highest BCUT2D eigenvalue weighted by Crippen LogP contribution is 2.30. The molecule has 0 aliphatic carbocycles. The van der Waals surface area contributed by atoms with Gasteiger partial charge < -0.3 is 9.26 Å². The molecule has 0 atom stereocenters. The number of ether oxygens (including phenoxy) is 1. The maximum Gasteiger partial charge on any atom is 0.266 e. The van der Waals surface area contributed by atoms with E-state index in [0.29, 0.717) is 16.6 Å². The van der Waals surface area contributed by atoms with Crippen LogP contribution in [0, 0.1) is 24.1 Å². The topological polar surface area (TPSA) is 107 Å². The Labute approximate surface area is 192 Å². The van der Waals surface area contributed by atoms with Crippen molar-refractivity contribution in [3.8, 4) is 40.2 Å². The predicted octanol–water partition coefficient (Wildman–Crippen LogP) is 4.43. The molecule has 0 N–H and O–H groups in total. The molecule has 0 aliphatic heterocycles. The number of nitrogens with zero attached hydrogens (tertiary/aromatic N) is 5. The number of rotatable bonds is 4. The molecule has 0 amide bonds. The molecule has 8 nitrogen and oxygen atoms in total. The largest absolute Gasteiger partial charge is 0.494 e. The summed E-state index contributed by atoms with van der Waals surface area (Å²) in [6.45, 7) is 1.86. The molecule has 5 aromatic rings. The smallest absolute Gasteiger partial charge is 0.266 e. The Morgan fingerprint density at radius 1 is 1.15 bits per heavy atom. The van der Waals surface area contributed by atoms with E-state index in [1.807, 2.05) is 19.1 Å². The molecule has 3 heterocycles. The van der Waals surface area contributed by atoms with Crippen molar-refractivity contribution in [1.82, 2.24) is 19.7 Å². The number of pyridine rings is 1. The lowest BCUT2D eigenvalue weighted by Gasteiger charge is -2.15. The zero-order chi connectivity index (χ0) is 23.8. The maximum absolute atomic E-state index is 14.5. The van der Waals surface area contributed by atoms with Crippen LogP contribution in [0.3, 0.4) is 0 Å². The van der Waals surface area contributed by atoms with Gasteiger partial charge in [-0.05, 0) is 37.3 Å². The van der Waals surface area contributed by atoms with Crippen LogP contribution < -0.4 is 10.3 Å². The van der Waals surface area contributed by atoms with Crippen LogP contribution in [0.15, 0.2) is 70.3 Å². The number of nitriles is 1. The fourth-order valence-corrected chi connectivity index (χ4v) is 3.74. The Hall–Kier alpha value is -4.84. The number of fused-ring (bicyclic) bond motifs is 1. The van der Waals surface area contributed by atoms with Crippen LogP contribution in [0.4, 0.5) is 4.39 Å². The third-order valence-electron chi connectivity index (χ3n) is 5.38. The van der Waals surface area contributed by atoms with Crippen LogP contribution in [-0.4, -0.2) is 26.8 Å². The maximum atomic E-state index is 14.5. The minimum Gasteiger partial charge on any atom is -0.494 e. The number of benzene rings is 2. The van der Waals surface area contributed by atoms with Crippen molar-refractivity contribution >= 4 is 10.9 Å². The van der Waals surface area contributed by atoms with E-state index in [-0.39, 0.29) is 33.9 Å². The molecular formula is C25H16FN5O3. The van der Waals surface area contributed by atoms with Crippen molar-refractivity contribution in [2.75, 3.05) is 7.11 Å². The third kappa shape index (κ3) is 3.47. The van der Waals surface area contributed by atoms with Crippen LogP contribution in [0.1, 0.15) is 11.3 Å². The lowest BCUT2D eigenvalue weighted by molar-refractivity contribution is 0.386. The van der Waals surface area contributed by atoms with Gasteiger partial charge in [0.1, 0.15) is 12.0 Å². The number of hydrogen-bond acceptors (Lipinski definition) is 7. The monoisotopic (exact) mass is 453 g/mol. The summed E-state index contributed by atoms with van der Waals surface area (Å²) >= 11 is 0. The highest BCUT2D eigenvalue weighted by atomic mass is 19.1. The number of aromatic nitrogens is 4. The Kier molecular flexibility index (Phi) is 5.11. The van der Waals surface area contributed by atoms with Gasteiger partial charge in [0.25, 0.3) is 5.56 Å². The highest BCUT2D eigenvalue weighted by molar-refractivity contribution is 5.95. The lowest BCUT2D eigenvalue weighted by Crippen LogP contribution is -2.22. The molecule has 0 unspecified atom stereocenters. The molecular weight excluding hydrogens is 437 g/mol. The second kappa shape index (κ2) is 8.26. The van der Waals surface area contributed by atoms with E-state index in [0.717, 1.165) is 5.69 Å². The molecule has 0 fully saturated rings. The molecule has 2 aromatic carbocycles. The van der Waals surface area contributed by atoms with E-state index in [4.69, 9.17) is 14.2 Å². The number of halogens is 1. The zero-order valence-corrected chi connectivity index (χ0v) is 18.1. The number of hydrogen-bond donors (Lipinski definition) is 0. The minimum atomic E-state index is -0.643. The van der Waals surface area contributed by atoms with Crippen molar-refractivity contribution in [3.05, 3.63) is 88.4 Å². The standard InChI is InChI=1S/C25H16FN5O3/c1-14-3-4-16(13-28-14)18-9-15(12-27)10-19-23(18)29-24(21-7-8-34-30-21)31(25(19)32)17-5-6-22(33-2)20(26)11-17/h3-11,13H,1-2H3. The lowest BCUT2D eigenvalue weighted by atomic mass is 10.0. The van der Waals surface area contributed by atoms with Crippen molar-refractivity contribution in [2.24, 2.45) is 0 Å². The highest BCUT2D eigenvalue weighted by Gasteiger charge is 2.21. The van der Waals surface area contributed by atoms with E-state index in [1.165, 1.54) is 36.1 Å². The summed E-state index contributed by atoms with van der Waals surface area (Å²) in [5.41, 5.74) is 2.73. The Morgan fingerprint density at radius 3 is 2.65 bits per heavy atom. The fraction of sp³-hybridized carbons (Fsp3) is 0.0800. The molecule has 3 aromatic heterocycles. The van der Waals surface area contributed by atoms with Gasteiger partial charge in [-0.3, -0.25) is 14.3 Å². The Balaban J connectivity index is 1.90. The second-order valence-corrected chi connectivity index (χ2v) is 7.50. The van der Waals surface area contributed by atoms with E-state index >= 15 is 0 Å². The molecule has 0 bridgehead atoms. The van der Waals surface area contributed by atoms with Gasteiger partial charge in [0.2, 0.25) is 0 Å². The van der Waals surface area contributed by atoms with Gasteiger partial charge in [-0.1, -0.05) is 11.2 Å². The molecule has 5 rings (SSSR count). The summed E-state index contributed by atoms with van der Waals surface area (Å²) in [5.74, 6) is -0.452. The molecule has 0 saturated heterocycles. The molecule has 9 heteroatoms. The second-order valence-electron chi connectivity index (χ2n) is 7.50. The fourth-order valence-electron chi connectivity index (χ4n) is 3.74. The van der Waals surface area contributed by atoms with Crippen molar-refractivity contribution in [2.45, 2.75) is 6.92 Å². The van der Waals surface area contributed by atoms with E-state index in [9.17, 15) is 14.4 Å². The first-order chi connectivity index (χ1) is 16.5. The van der Waals surface area contributed by atoms with Gasteiger partial charge in [0, 0.05) is 35.2 Å². The summed E-state index contributed by atoms with van der Waals surface area (Å²) in [4.78, 5) is 22.9. The normalized spacial score (nSPS) is 10.9. The molecule has 0 spiro atoms. The first-order valence-corrected chi connectivity index (χ1v) is 10.2. The summed E-state index contributed by atoms with van der Waals surface area (Å²) in [6.07, 6.45) is 3.02. The quantitative estimate of drug-likeness (QED) is 0.396. The van der Waals surface area contributed by atoms with E-state index in [2.05, 4.69) is 16.2 Å². The van der Waals surface area contributed by atoms with Gasteiger partial charge in [0.05, 0.1) is 35.3 Å². The average Bonchev–Trinajstić information content (AvgIpc) is 3.39. The van der Waals surface area contributed by atoms with Crippen molar-refractivity contribution < 1.29 is 13.7 Å². The Bertz CT molecular complexity index is 1640. The molecule has 0 aliphatic rings. The van der Waals surface area contributed by atoms with Gasteiger partial charge in [-0.2, -0.15) is 5.26 Å². The summed E-state index contributed by atoms with van der Waals surface area (Å²) in [5, 5.41) is 13.7. The van der Waals surface area contributed by atoms with Crippen molar-refractivity contribution in [3.63, 3.8) is 0 Å². The van der Waals surface area contributed by atoms with Crippen LogP contribution in [0.2, 0.25) is 0 Å². The van der Waals surface area contributed by atoms with Gasteiger partial charge >= 0.3 is 0 Å². The SMILES string of the molecule is COc1ccc(-n2c(-c3ccon3)nc3c(-c4ccc(C)nc4)cc(C#N)cc3c2=O)cc1F. The summed E-state index contributed by atoms with van der Waals surface area (Å²) in [7, 11) is 1.35. The molecule has 0 saturated carbocycles. The van der Waals surface area contributed by atoms with Crippen LogP contribution in [0.25, 0.3) is 39.2 Å². The third-order valence-corrected chi connectivity index (χ3v) is 5.38. The summed E-state index contributed by atoms with van der Waals surface area (Å²) in [6, 6.07) is 14.6. The van der Waals surface area contributed by atoms with Gasteiger partial charge in [-0.25, -0.2) is 9.37 Å². The first-order valence-electron chi connectivity index (χ1n) is 10.2. The predicted molar refractivity (Wildman–Crippen MR) is 122 cm³/mol. The van der Waals surface area contributed by atoms with E-state index < -0.39 is 11.4 Å². The Morgan fingerprint density at radius 2 is 2.00 bits per heavy atom. The summed E-state index contributed by atoms with van der Waals surface area (Å²) < 4.78 is 25.8. The van der Waals surface area contributed by atoms with Gasteiger partial charge in [-0.15, -0.1) is 0 Å².